The molecule has 3 heterocycles. The maximum Gasteiger partial charge on any atom is 0.270 e. The summed E-state index contributed by atoms with van der Waals surface area (Å²) in [6, 6.07) is 23.4. The topological polar surface area (TPSA) is 71.8 Å². The van der Waals surface area contributed by atoms with E-state index in [1.54, 1.807) is 18.0 Å². The molecule has 0 bridgehead atoms. The molecule has 3 aromatic heterocycles. The number of carbonyl (C=O) groups excluding carboxylic acids is 1. The van der Waals surface area contributed by atoms with Gasteiger partial charge in [0.05, 0.1) is 23.0 Å². The number of hydrogen-bond acceptors (Lipinski definition) is 6. The molecule has 0 saturated heterocycles. The van der Waals surface area contributed by atoms with Gasteiger partial charge in [-0.15, -0.1) is 11.3 Å². The van der Waals surface area contributed by atoms with E-state index in [0.717, 1.165) is 31.4 Å². The summed E-state index contributed by atoms with van der Waals surface area (Å²) in [6.07, 6.45) is 7.42. The number of fused-ring (bicyclic) bond motifs is 1. The number of carbonyl (C=O) groups is 1. The van der Waals surface area contributed by atoms with E-state index < -0.39 is 0 Å². The number of pyridine rings is 1. The molecule has 0 aliphatic heterocycles. The Morgan fingerprint density at radius 3 is 2.79 bits per heavy atom. The van der Waals surface area contributed by atoms with Crippen molar-refractivity contribution < 1.29 is 4.79 Å². The van der Waals surface area contributed by atoms with Crippen molar-refractivity contribution in [2.45, 2.75) is 9.79 Å². The van der Waals surface area contributed by atoms with Gasteiger partial charge >= 0.3 is 0 Å². The fourth-order valence-corrected chi connectivity index (χ4v) is 4.78. The van der Waals surface area contributed by atoms with Crippen LogP contribution in [0.5, 0.6) is 0 Å². The molecule has 0 unspecified atom stereocenters. The van der Waals surface area contributed by atoms with Gasteiger partial charge in [0.15, 0.2) is 0 Å². The molecule has 0 atom stereocenters. The first kappa shape index (κ1) is 21.0. The molecule has 33 heavy (non-hydrogen) atoms. The number of nitrogens with zero attached hydrogens (tertiary/aromatic N) is 3. The fourth-order valence-electron chi connectivity index (χ4n) is 3.23. The van der Waals surface area contributed by atoms with Crippen molar-refractivity contribution in [1.29, 1.82) is 0 Å². The Labute approximate surface area is 199 Å². The summed E-state index contributed by atoms with van der Waals surface area (Å²) in [6.45, 7) is 0. The van der Waals surface area contributed by atoms with Crippen molar-refractivity contribution in [3.05, 3.63) is 102 Å². The number of nitrogens with one attached hydrogen (secondary N) is 2. The molecule has 0 aliphatic rings. The van der Waals surface area contributed by atoms with Crippen LogP contribution in [0.4, 0.5) is 5.00 Å². The Balaban J connectivity index is 1.37. The number of benzene rings is 2. The van der Waals surface area contributed by atoms with Crippen LogP contribution in [0.25, 0.3) is 23.2 Å². The minimum absolute atomic E-state index is 0.184. The van der Waals surface area contributed by atoms with Crippen LogP contribution in [-0.4, -0.2) is 20.7 Å². The summed E-state index contributed by atoms with van der Waals surface area (Å²) >= 11 is 3.07. The Hall–Kier alpha value is -3.88. The molecule has 0 spiro atoms. The smallest absolute Gasteiger partial charge is 0.270 e. The number of rotatable bonds is 7. The molecular weight excluding hydrogens is 450 g/mol. The molecule has 2 N–H and O–H groups in total. The molecule has 5 aromatic rings. The monoisotopic (exact) mass is 469 g/mol. The van der Waals surface area contributed by atoms with Crippen molar-refractivity contribution >= 4 is 57.2 Å². The van der Waals surface area contributed by atoms with Crippen LogP contribution in [0.1, 0.15) is 16.1 Å². The molecule has 162 valence electrons. The maximum atomic E-state index is 12.8. The molecule has 6 nitrogen and oxygen atoms in total. The van der Waals surface area contributed by atoms with Crippen LogP contribution in [0, 0.1) is 0 Å². The highest BCUT2D eigenvalue weighted by molar-refractivity contribution is 7.99. The zero-order chi connectivity index (χ0) is 22.5. The minimum atomic E-state index is -0.184. The van der Waals surface area contributed by atoms with Gasteiger partial charge in [-0.05, 0) is 60.0 Å². The summed E-state index contributed by atoms with van der Waals surface area (Å²) in [5, 5.41) is 8.34. The minimum Gasteiger partial charge on any atom is -0.289 e. The molecule has 0 aliphatic carbocycles. The van der Waals surface area contributed by atoms with E-state index in [-0.39, 0.29) is 5.91 Å². The molecule has 0 radical (unpaired) electrons. The Morgan fingerprint density at radius 2 is 1.94 bits per heavy atom. The highest BCUT2D eigenvalue weighted by Crippen LogP contribution is 2.32. The second kappa shape index (κ2) is 9.72. The van der Waals surface area contributed by atoms with E-state index in [1.165, 1.54) is 11.3 Å². The molecule has 0 saturated carbocycles. The second-order valence-corrected chi connectivity index (χ2v) is 9.10. The predicted octanol–water partition coefficient (Wildman–Crippen LogP) is 6.03. The molecule has 8 heteroatoms. The largest absolute Gasteiger partial charge is 0.289 e. The van der Waals surface area contributed by atoms with E-state index in [1.807, 2.05) is 95.3 Å². The van der Waals surface area contributed by atoms with Gasteiger partial charge in [0, 0.05) is 27.6 Å². The summed E-state index contributed by atoms with van der Waals surface area (Å²) < 4.78 is 1.83. The van der Waals surface area contributed by atoms with E-state index in [9.17, 15) is 4.79 Å². The number of anilines is 1. The van der Waals surface area contributed by atoms with Gasteiger partial charge in [-0.25, -0.2) is 4.68 Å². The van der Waals surface area contributed by atoms with Crippen LogP contribution in [0.3, 0.4) is 0 Å². The van der Waals surface area contributed by atoms with Crippen LogP contribution < -0.4 is 10.9 Å². The lowest BCUT2D eigenvalue weighted by molar-refractivity contribution is 0.0960. The number of aromatic nitrogens is 3. The zero-order valence-electron chi connectivity index (χ0n) is 17.4. The first-order valence-corrected chi connectivity index (χ1v) is 11.9. The van der Waals surface area contributed by atoms with Gasteiger partial charge in [0.1, 0.15) is 5.00 Å². The third-order valence-electron chi connectivity index (χ3n) is 4.82. The molecule has 2 aromatic carbocycles. The van der Waals surface area contributed by atoms with Crippen LogP contribution >= 0.6 is 23.1 Å². The molecule has 0 fully saturated rings. The normalized spacial score (nSPS) is 11.2. The van der Waals surface area contributed by atoms with Crippen molar-refractivity contribution in [3.63, 3.8) is 0 Å². The average molecular weight is 470 g/mol. The first-order chi connectivity index (χ1) is 16.3. The lowest BCUT2D eigenvalue weighted by atomic mass is 10.2. The highest BCUT2D eigenvalue weighted by atomic mass is 32.2. The van der Waals surface area contributed by atoms with Crippen molar-refractivity contribution in [1.82, 2.24) is 20.2 Å². The van der Waals surface area contributed by atoms with Gasteiger partial charge in [-0.1, -0.05) is 36.0 Å². The number of hydrogen-bond donors (Lipinski definition) is 2. The summed E-state index contributed by atoms with van der Waals surface area (Å²) in [5.74, 6) is -0.184. The van der Waals surface area contributed by atoms with Crippen LogP contribution in [0.2, 0.25) is 0 Å². The van der Waals surface area contributed by atoms with Gasteiger partial charge in [0.25, 0.3) is 5.91 Å². The molecule has 1 amide bonds. The Morgan fingerprint density at radius 1 is 1.03 bits per heavy atom. The first-order valence-electron chi connectivity index (χ1n) is 10.2. The van der Waals surface area contributed by atoms with E-state index >= 15 is 0 Å². The third kappa shape index (κ3) is 4.97. The lowest BCUT2D eigenvalue weighted by Gasteiger charge is -2.11. The predicted molar refractivity (Wildman–Crippen MR) is 135 cm³/mol. The Bertz CT molecular complexity index is 1410. The van der Waals surface area contributed by atoms with Gasteiger partial charge < -0.3 is 0 Å². The summed E-state index contributed by atoms with van der Waals surface area (Å²) in [4.78, 5) is 19.0. The van der Waals surface area contributed by atoms with Crippen molar-refractivity contribution in [2.75, 3.05) is 5.43 Å². The van der Waals surface area contributed by atoms with E-state index in [4.69, 9.17) is 0 Å². The quantitative estimate of drug-likeness (QED) is 0.285. The number of amides is 1. The summed E-state index contributed by atoms with van der Waals surface area (Å²) in [5.41, 5.74) is 8.18. The van der Waals surface area contributed by atoms with Crippen molar-refractivity contribution in [2.24, 2.45) is 0 Å². The highest BCUT2D eigenvalue weighted by Gasteiger charge is 2.13. The van der Waals surface area contributed by atoms with Gasteiger partial charge in [0.2, 0.25) is 0 Å². The SMILES string of the molecule is O=C(NNc1cccs1)c1ccccc1Sc1ccc2cnn(C=Cc3ccccn3)c2c1. The van der Waals surface area contributed by atoms with Gasteiger partial charge in [-0.3, -0.25) is 20.6 Å². The lowest BCUT2D eigenvalue weighted by Crippen LogP contribution is -2.29. The zero-order valence-corrected chi connectivity index (χ0v) is 19.0. The summed E-state index contributed by atoms with van der Waals surface area (Å²) in [7, 11) is 0. The Kier molecular flexibility index (Phi) is 6.19. The third-order valence-corrected chi connectivity index (χ3v) is 6.67. The maximum absolute atomic E-state index is 12.8. The molecular formula is C25H19N5OS2. The average Bonchev–Trinajstić information content (AvgIpc) is 3.52. The fraction of sp³-hybridized carbons (Fsp3) is 0. The second-order valence-electron chi connectivity index (χ2n) is 7.03. The molecule has 5 rings (SSSR count). The van der Waals surface area contributed by atoms with Gasteiger partial charge in [-0.2, -0.15) is 5.10 Å². The van der Waals surface area contributed by atoms with Crippen molar-refractivity contribution in [3.8, 4) is 0 Å². The van der Waals surface area contributed by atoms with Crippen LogP contribution in [0.15, 0.2) is 100 Å². The number of thiophene rings is 1. The van der Waals surface area contributed by atoms with E-state index in [0.29, 0.717) is 5.56 Å². The standard InChI is InChI=1S/C25H19N5OS2/c31-25(29-28-24-9-5-15-32-24)21-7-1-2-8-23(21)33-20-11-10-18-17-27-30(22(18)16-20)14-12-19-6-3-4-13-26-19/h1-17,28H,(H,29,31). The number of hydrazine groups is 1. The van der Waals surface area contributed by atoms with E-state index in [2.05, 4.69) is 27.0 Å². The van der Waals surface area contributed by atoms with Crippen LogP contribution in [-0.2, 0) is 0 Å².